The molecule has 1 aliphatic carbocycles. The third-order valence-electron chi connectivity index (χ3n) is 4.01. The summed E-state index contributed by atoms with van der Waals surface area (Å²) in [7, 11) is 0. The average Bonchev–Trinajstić information content (AvgIpc) is 3.30. The molecule has 1 aliphatic heterocycles. The number of ether oxygens (including phenoxy) is 1. The van der Waals surface area contributed by atoms with Crippen LogP contribution in [0.1, 0.15) is 18.4 Å². The highest BCUT2D eigenvalue weighted by Gasteiger charge is 2.30. The molecule has 6 heteroatoms. The maximum absolute atomic E-state index is 14.2. The fraction of sp³-hybridized carbons (Fsp3) is 0.533. The molecule has 1 saturated carbocycles. The van der Waals surface area contributed by atoms with E-state index in [9.17, 15) is 9.18 Å². The van der Waals surface area contributed by atoms with E-state index in [2.05, 4.69) is 5.32 Å². The molecule has 3 rings (SSSR count). The van der Waals surface area contributed by atoms with Gasteiger partial charge >= 0.3 is 0 Å². The first-order valence-corrected chi connectivity index (χ1v) is 7.31. The Bertz CT molecular complexity index is 534. The van der Waals surface area contributed by atoms with Gasteiger partial charge in [-0.15, -0.1) is 0 Å². The first-order valence-electron chi connectivity index (χ1n) is 7.31. The molecule has 3 N–H and O–H groups in total. The topological polar surface area (TPSA) is 67.6 Å². The van der Waals surface area contributed by atoms with Crippen molar-refractivity contribution >= 4 is 11.6 Å². The molecule has 5 nitrogen and oxygen atoms in total. The minimum Gasteiger partial charge on any atom is -0.377 e. The number of hydrogen-bond donors (Lipinski definition) is 2. The summed E-state index contributed by atoms with van der Waals surface area (Å²) in [6, 6.07) is 4.91. The van der Waals surface area contributed by atoms with Crippen molar-refractivity contribution in [2.75, 3.05) is 24.7 Å². The molecule has 1 saturated heterocycles. The molecule has 114 valence electrons. The number of morpholine rings is 1. The lowest BCUT2D eigenvalue weighted by atomic mass is 10.1. The summed E-state index contributed by atoms with van der Waals surface area (Å²) < 4.78 is 19.5. The van der Waals surface area contributed by atoms with Crippen LogP contribution in [0.25, 0.3) is 0 Å². The van der Waals surface area contributed by atoms with Crippen molar-refractivity contribution in [3.05, 3.63) is 29.6 Å². The second-order valence-electron chi connectivity index (χ2n) is 5.58. The van der Waals surface area contributed by atoms with Gasteiger partial charge in [-0.1, -0.05) is 6.07 Å². The minimum absolute atomic E-state index is 0.251. The summed E-state index contributed by atoms with van der Waals surface area (Å²) in [5.74, 6) is -0.699. The summed E-state index contributed by atoms with van der Waals surface area (Å²) in [5.41, 5.74) is 6.77. The highest BCUT2D eigenvalue weighted by atomic mass is 19.1. The predicted molar refractivity (Wildman–Crippen MR) is 77.4 cm³/mol. The lowest BCUT2D eigenvalue weighted by Gasteiger charge is -2.36. The fourth-order valence-electron chi connectivity index (χ4n) is 2.65. The number of anilines is 1. The fourth-order valence-corrected chi connectivity index (χ4v) is 2.65. The lowest BCUT2D eigenvalue weighted by molar-refractivity contribution is -0.121. The molecule has 21 heavy (non-hydrogen) atoms. The second kappa shape index (κ2) is 5.99. The molecule has 2 fully saturated rings. The molecule has 1 atom stereocenters. The van der Waals surface area contributed by atoms with Crippen molar-refractivity contribution in [2.24, 2.45) is 5.73 Å². The number of nitrogens with one attached hydrogen (secondary N) is 1. The maximum Gasteiger partial charge on any atom is 0.242 e. The zero-order valence-corrected chi connectivity index (χ0v) is 11.8. The van der Waals surface area contributed by atoms with Crippen molar-refractivity contribution in [2.45, 2.75) is 31.5 Å². The van der Waals surface area contributed by atoms with E-state index in [-0.39, 0.29) is 12.4 Å². The summed E-state index contributed by atoms with van der Waals surface area (Å²) in [6.07, 6.45) is 2.29. The van der Waals surface area contributed by atoms with Gasteiger partial charge in [0, 0.05) is 30.4 Å². The number of rotatable bonds is 5. The Morgan fingerprint density at radius 2 is 2.29 bits per heavy atom. The molecule has 1 heterocycles. The van der Waals surface area contributed by atoms with E-state index in [1.807, 2.05) is 11.0 Å². The van der Waals surface area contributed by atoms with Gasteiger partial charge in [0.2, 0.25) is 5.91 Å². The van der Waals surface area contributed by atoms with Crippen LogP contribution in [0, 0.1) is 5.82 Å². The number of hydrogen-bond acceptors (Lipinski definition) is 4. The Morgan fingerprint density at radius 1 is 1.48 bits per heavy atom. The quantitative estimate of drug-likeness (QED) is 0.841. The molecule has 2 aliphatic rings. The van der Waals surface area contributed by atoms with Crippen LogP contribution in [-0.4, -0.2) is 37.7 Å². The summed E-state index contributed by atoms with van der Waals surface area (Å²) in [6.45, 7) is 1.76. The lowest BCUT2D eigenvalue weighted by Crippen LogP contribution is -2.53. The number of nitrogens with two attached hydrogens (primary N) is 1. The van der Waals surface area contributed by atoms with Crippen LogP contribution in [0.4, 0.5) is 10.1 Å². The Kier molecular flexibility index (Phi) is 4.07. The van der Waals surface area contributed by atoms with Gasteiger partial charge in [0.05, 0.1) is 13.2 Å². The summed E-state index contributed by atoms with van der Waals surface area (Å²) in [5, 5.41) is 3.32. The minimum atomic E-state index is -0.541. The smallest absolute Gasteiger partial charge is 0.242 e. The van der Waals surface area contributed by atoms with Crippen molar-refractivity contribution in [1.29, 1.82) is 0 Å². The average molecular weight is 293 g/mol. The standard InChI is InChI=1S/C15H20FN3O2/c16-12-2-1-3-13(11(12)8-18-10-4-5-10)19-6-7-21-9-14(19)15(17)20/h1-3,10,14,18H,4-9H2,(H2,17,20). The van der Waals surface area contributed by atoms with Crippen LogP contribution in [0.15, 0.2) is 18.2 Å². The summed E-state index contributed by atoms with van der Waals surface area (Å²) in [4.78, 5) is 13.5. The molecule has 1 unspecified atom stereocenters. The molecule has 0 aromatic heterocycles. The normalized spacial score (nSPS) is 22.3. The molecule has 1 aromatic rings. The highest BCUT2D eigenvalue weighted by Crippen LogP contribution is 2.28. The van der Waals surface area contributed by atoms with Gasteiger partial charge in [-0.3, -0.25) is 4.79 Å². The first kappa shape index (κ1) is 14.3. The van der Waals surface area contributed by atoms with Gasteiger partial charge in [0.1, 0.15) is 11.9 Å². The van der Waals surface area contributed by atoms with Crippen LogP contribution in [0.5, 0.6) is 0 Å². The van der Waals surface area contributed by atoms with Gasteiger partial charge in [0.15, 0.2) is 0 Å². The van der Waals surface area contributed by atoms with E-state index in [0.29, 0.717) is 31.3 Å². The SMILES string of the molecule is NC(=O)C1COCCN1c1cccc(F)c1CNC1CC1. The van der Waals surface area contributed by atoms with Crippen LogP contribution >= 0.6 is 0 Å². The molecular weight excluding hydrogens is 273 g/mol. The van der Waals surface area contributed by atoms with Gasteiger partial charge in [-0.2, -0.15) is 0 Å². The number of nitrogens with zero attached hydrogens (tertiary/aromatic N) is 1. The van der Waals surface area contributed by atoms with Crippen molar-refractivity contribution in [3.63, 3.8) is 0 Å². The highest BCUT2D eigenvalue weighted by molar-refractivity contribution is 5.84. The monoisotopic (exact) mass is 293 g/mol. The number of amides is 1. The third kappa shape index (κ3) is 3.16. The van der Waals surface area contributed by atoms with Crippen LogP contribution in [-0.2, 0) is 16.1 Å². The van der Waals surface area contributed by atoms with E-state index in [0.717, 1.165) is 18.5 Å². The van der Waals surface area contributed by atoms with E-state index >= 15 is 0 Å². The van der Waals surface area contributed by atoms with Crippen LogP contribution in [0.3, 0.4) is 0 Å². The third-order valence-corrected chi connectivity index (χ3v) is 4.01. The molecule has 1 amide bonds. The second-order valence-corrected chi connectivity index (χ2v) is 5.58. The first-order chi connectivity index (χ1) is 10.2. The largest absolute Gasteiger partial charge is 0.377 e. The Hall–Kier alpha value is -1.66. The van der Waals surface area contributed by atoms with Crippen LogP contribution < -0.4 is 16.0 Å². The van der Waals surface area contributed by atoms with Crippen molar-refractivity contribution in [1.82, 2.24) is 5.32 Å². The van der Waals surface area contributed by atoms with E-state index < -0.39 is 11.9 Å². The zero-order chi connectivity index (χ0) is 14.8. The Labute approximate surface area is 123 Å². The van der Waals surface area contributed by atoms with Crippen molar-refractivity contribution < 1.29 is 13.9 Å². The molecule has 0 bridgehead atoms. The number of carbonyl (C=O) groups is 1. The number of benzene rings is 1. The van der Waals surface area contributed by atoms with Gasteiger partial charge < -0.3 is 20.7 Å². The molecule has 1 aromatic carbocycles. The number of carbonyl (C=O) groups excluding carboxylic acids is 1. The Morgan fingerprint density at radius 3 is 3.00 bits per heavy atom. The molecular formula is C15H20FN3O2. The van der Waals surface area contributed by atoms with Crippen molar-refractivity contribution in [3.8, 4) is 0 Å². The predicted octanol–water partition coefficient (Wildman–Crippen LogP) is 0.768. The zero-order valence-electron chi connectivity index (χ0n) is 11.8. The number of halogens is 1. The van der Waals surface area contributed by atoms with E-state index in [1.165, 1.54) is 6.07 Å². The summed E-state index contributed by atoms with van der Waals surface area (Å²) >= 11 is 0. The Balaban J connectivity index is 1.87. The maximum atomic E-state index is 14.2. The van der Waals surface area contributed by atoms with Gasteiger partial charge in [-0.05, 0) is 25.0 Å². The van der Waals surface area contributed by atoms with Gasteiger partial charge in [-0.25, -0.2) is 4.39 Å². The van der Waals surface area contributed by atoms with E-state index in [1.54, 1.807) is 6.07 Å². The molecule has 0 spiro atoms. The number of primary amides is 1. The van der Waals surface area contributed by atoms with E-state index in [4.69, 9.17) is 10.5 Å². The molecule has 0 radical (unpaired) electrons. The van der Waals surface area contributed by atoms with Crippen LogP contribution in [0.2, 0.25) is 0 Å². The van der Waals surface area contributed by atoms with Gasteiger partial charge in [0.25, 0.3) is 0 Å².